The maximum absolute atomic E-state index is 13.4. The number of amidine groups is 1. The summed E-state index contributed by atoms with van der Waals surface area (Å²) in [5.41, 5.74) is 6.66. The molecule has 1 atom stereocenters. The standard InChI is InChI=1S/C13H20FN3/c1-4-9(2)17(3)8-10-5-11(13(15)16)7-12(14)6-10/h5-7,9H,4,8H2,1-3H3,(H3,15,16). The van der Waals surface area contributed by atoms with E-state index in [1.54, 1.807) is 6.07 Å². The van der Waals surface area contributed by atoms with Crippen molar-refractivity contribution in [1.29, 1.82) is 5.41 Å². The zero-order valence-corrected chi connectivity index (χ0v) is 10.6. The minimum absolute atomic E-state index is 0.100. The average molecular weight is 237 g/mol. The van der Waals surface area contributed by atoms with Crippen LogP contribution in [0.4, 0.5) is 4.39 Å². The van der Waals surface area contributed by atoms with Crippen molar-refractivity contribution in [3.63, 3.8) is 0 Å². The van der Waals surface area contributed by atoms with E-state index in [0.29, 0.717) is 18.2 Å². The fraction of sp³-hybridized carbons (Fsp3) is 0.462. The molecule has 17 heavy (non-hydrogen) atoms. The summed E-state index contributed by atoms with van der Waals surface area (Å²) in [6, 6.07) is 4.99. The second kappa shape index (κ2) is 5.77. The Morgan fingerprint density at radius 2 is 2.12 bits per heavy atom. The third-order valence-corrected chi connectivity index (χ3v) is 3.04. The van der Waals surface area contributed by atoms with Crippen molar-refractivity contribution in [2.24, 2.45) is 5.73 Å². The smallest absolute Gasteiger partial charge is 0.124 e. The molecule has 0 aliphatic carbocycles. The van der Waals surface area contributed by atoms with Crippen LogP contribution in [0.1, 0.15) is 31.4 Å². The summed E-state index contributed by atoms with van der Waals surface area (Å²) in [4.78, 5) is 2.15. The van der Waals surface area contributed by atoms with Gasteiger partial charge in [0.2, 0.25) is 0 Å². The number of hydrogen-bond donors (Lipinski definition) is 2. The molecule has 0 saturated carbocycles. The van der Waals surface area contributed by atoms with Crippen LogP contribution in [0.2, 0.25) is 0 Å². The molecule has 1 aromatic rings. The molecular formula is C13H20FN3. The van der Waals surface area contributed by atoms with E-state index in [1.807, 2.05) is 7.05 Å². The quantitative estimate of drug-likeness (QED) is 0.610. The Balaban J connectivity index is 2.87. The Bertz CT molecular complexity index is 404. The topological polar surface area (TPSA) is 53.1 Å². The first-order valence-corrected chi connectivity index (χ1v) is 5.78. The number of benzene rings is 1. The first-order valence-electron chi connectivity index (χ1n) is 5.78. The molecule has 0 aliphatic heterocycles. The summed E-state index contributed by atoms with van der Waals surface area (Å²) < 4.78 is 13.4. The van der Waals surface area contributed by atoms with E-state index in [0.717, 1.165) is 12.0 Å². The number of halogens is 1. The second-order valence-corrected chi connectivity index (χ2v) is 4.43. The first kappa shape index (κ1) is 13.6. The van der Waals surface area contributed by atoms with Crippen LogP contribution in [-0.4, -0.2) is 23.8 Å². The van der Waals surface area contributed by atoms with Crippen molar-refractivity contribution in [1.82, 2.24) is 4.90 Å². The highest BCUT2D eigenvalue weighted by Gasteiger charge is 2.09. The number of hydrogen-bond acceptors (Lipinski definition) is 2. The average Bonchev–Trinajstić information content (AvgIpc) is 2.26. The van der Waals surface area contributed by atoms with Crippen LogP contribution in [-0.2, 0) is 6.54 Å². The molecule has 0 bridgehead atoms. The van der Waals surface area contributed by atoms with Gasteiger partial charge in [-0.1, -0.05) is 6.92 Å². The molecule has 94 valence electrons. The van der Waals surface area contributed by atoms with Crippen LogP contribution in [0, 0.1) is 11.2 Å². The predicted molar refractivity (Wildman–Crippen MR) is 68.6 cm³/mol. The highest BCUT2D eigenvalue weighted by Crippen LogP contribution is 2.13. The highest BCUT2D eigenvalue weighted by atomic mass is 19.1. The van der Waals surface area contributed by atoms with Crippen LogP contribution in [0.5, 0.6) is 0 Å². The molecule has 0 aliphatic rings. The lowest BCUT2D eigenvalue weighted by Gasteiger charge is -2.23. The third kappa shape index (κ3) is 3.82. The van der Waals surface area contributed by atoms with Crippen molar-refractivity contribution >= 4 is 5.84 Å². The van der Waals surface area contributed by atoms with E-state index >= 15 is 0 Å². The molecule has 1 rings (SSSR count). The summed E-state index contributed by atoms with van der Waals surface area (Å²) in [5.74, 6) is -0.442. The molecular weight excluding hydrogens is 217 g/mol. The number of nitrogens with one attached hydrogen (secondary N) is 1. The summed E-state index contributed by atoms with van der Waals surface area (Å²) in [6.07, 6.45) is 1.05. The van der Waals surface area contributed by atoms with Crippen LogP contribution in [0.25, 0.3) is 0 Å². The van der Waals surface area contributed by atoms with Crippen LogP contribution >= 0.6 is 0 Å². The van der Waals surface area contributed by atoms with Gasteiger partial charge >= 0.3 is 0 Å². The van der Waals surface area contributed by atoms with Crippen molar-refractivity contribution < 1.29 is 4.39 Å². The molecule has 0 saturated heterocycles. The Hall–Kier alpha value is -1.42. The van der Waals surface area contributed by atoms with Gasteiger partial charge in [-0.3, -0.25) is 10.3 Å². The number of nitrogen functional groups attached to an aromatic ring is 1. The molecule has 3 N–H and O–H groups in total. The van der Waals surface area contributed by atoms with Gasteiger partial charge in [-0.05, 0) is 44.2 Å². The van der Waals surface area contributed by atoms with E-state index in [4.69, 9.17) is 11.1 Å². The molecule has 4 heteroatoms. The highest BCUT2D eigenvalue weighted by molar-refractivity contribution is 5.95. The molecule has 1 unspecified atom stereocenters. The van der Waals surface area contributed by atoms with Gasteiger partial charge in [0.15, 0.2) is 0 Å². The lowest BCUT2D eigenvalue weighted by Crippen LogP contribution is -2.28. The second-order valence-electron chi connectivity index (χ2n) is 4.43. The summed E-state index contributed by atoms with van der Waals surface area (Å²) in [7, 11) is 2.01. The minimum atomic E-state index is -0.342. The minimum Gasteiger partial charge on any atom is -0.384 e. The van der Waals surface area contributed by atoms with E-state index in [2.05, 4.69) is 18.7 Å². The summed E-state index contributed by atoms with van der Waals surface area (Å²) in [5, 5.41) is 7.33. The van der Waals surface area contributed by atoms with E-state index in [1.165, 1.54) is 12.1 Å². The third-order valence-electron chi connectivity index (χ3n) is 3.04. The molecule has 0 heterocycles. The van der Waals surface area contributed by atoms with Gasteiger partial charge in [0.25, 0.3) is 0 Å². The molecule has 0 spiro atoms. The van der Waals surface area contributed by atoms with Crippen molar-refractivity contribution in [3.05, 3.63) is 35.1 Å². The summed E-state index contributed by atoms with van der Waals surface area (Å²) >= 11 is 0. The molecule has 1 aromatic carbocycles. The number of nitrogens with zero attached hydrogens (tertiary/aromatic N) is 1. The fourth-order valence-electron chi connectivity index (χ4n) is 1.65. The SMILES string of the molecule is CCC(C)N(C)Cc1cc(F)cc(C(=N)N)c1. The normalized spacial score (nSPS) is 12.8. The Morgan fingerprint density at radius 1 is 1.47 bits per heavy atom. The van der Waals surface area contributed by atoms with Gasteiger partial charge < -0.3 is 5.73 Å². The predicted octanol–water partition coefficient (Wildman–Crippen LogP) is 2.34. The van der Waals surface area contributed by atoms with E-state index in [9.17, 15) is 4.39 Å². The van der Waals surface area contributed by atoms with Gasteiger partial charge in [0.1, 0.15) is 11.7 Å². The Morgan fingerprint density at radius 3 is 2.65 bits per heavy atom. The van der Waals surface area contributed by atoms with E-state index in [-0.39, 0.29) is 11.7 Å². The molecule has 0 fully saturated rings. The maximum atomic E-state index is 13.4. The van der Waals surface area contributed by atoms with Gasteiger partial charge in [0, 0.05) is 18.2 Å². The van der Waals surface area contributed by atoms with Crippen molar-refractivity contribution in [3.8, 4) is 0 Å². The number of rotatable bonds is 5. The van der Waals surface area contributed by atoms with Gasteiger partial charge in [-0.25, -0.2) is 4.39 Å². The van der Waals surface area contributed by atoms with Crippen molar-refractivity contribution in [2.45, 2.75) is 32.9 Å². The fourth-order valence-corrected chi connectivity index (χ4v) is 1.65. The molecule has 3 nitrogen and oxygen atoms in total. The molecule has 0 amide bonds. The van der Waals surface area contributed by atoms with Crippen LogP contribution in [0.15, 0.2) is 18.2 Å². The van der Waals surface area contributed by atoms with Gasteiger partial charge in [-0.15, -0.1) is 0 Å². The molecule has 0 radical (unpaired) electrons. The monoisotopic (exact) mass is 237 g/mol. The summed E-state index contributed by atoms with van der Waals surface area (Å²) in [6.45, 7) is 4.91. The van der Waals surface area contributed by atoms with Crippen LogP contribution < -0.4 is 5.73 Å². The van der Waals surface area contributed by atoms with Crippen LogP contribution in [0.3, 0.4) is 0 Å². The van der Waals surface area contributed by atoms with Gasteiger partial charge in [-0.2, -0.15) is 0 Å². The zero-order chi connectivity index (χ0) is 13.0. The largest absolute Gasteiger partial charge is 0.384 e. The molecule has 0 aromatic heterocycles. The number of nitrogens with two attached hydrogens (primary N) is 1. The Labute approximate surface area is 102 Å². The lowest BCUT2D eigenvalue weighted by molar-refractivity contribution is 0.243. The van der Waals surface area contributed by atoms with Crippen molar-refractivity contribution in [2.75, 3.05) is 7.05 Å². The zero-order valence-electron chi connectivity index (χ0n) is 10.6. The first-order chi connectivity index (χ1) is 7.93. The lowest BCUT2D eigenvalue weighted by atomic mass is 10.1. The maximum Gasteiger partial charge on any atom is 0.124 e. The van der Waals surface area contributed by atoms with E-state index < -0.39 is 0 Å². The van der Waals surface area contributed by atoms with Gasteiger partial charge in [0.05, 0.1) is 0 Å². The Kier molecular flexibility index (Phi) is 4.63.